The van der Waals surface area contributed by atoms with E-state index in [0.717, 1.165) is 0 Å². The van der Waals surface area contributed by atoms with Crippen LogP contribution in [0, 0.1) is 5.82 Å². The molecule has 0 bridgehead atoms. The molecule has 0 saturated carbocycles. The number of carbonyl (C=O) groups excluding carboxylic acids is 1. The third kappa shape index (κ3) is 4.20. The molecule has 2 aliphatic rings. The summed E-state index contributed by atoms with van der Waals surface area (Å²) in [6.45, 7) is 5.35. The average Bonchev–Trinajstić information content (AvgIpc) is 3.18. The second kappa shape index (κ2) is 8.81. The summed E-state index contributed by atoms with van der Waals surface area (Å²) in [5.41, 5.74) is -1.15. The highest BCUT2D eigenvalue weighted by atomic mass is 35.5. The Morgan fingerprint density at radius 1 is 1.23 bits per heavy atom. The number of fused-ring (bicyclic) bond motifs is 1. The van der Waals surface area contributed by atoms with Gasteiger partial charge >= 0.3 is 6.09 Å². The highest BCUT2D eigenvalue weighted by molar-refractivity contribution is 8.04. The molecule has 13 heteroatoms. The highest BCUT2D eigenvalue weighted by Crippen LogP contribution is 2.49. The van der Waals surface area contributed by atoms with E-state index in [2.05, 4.69) is 25.3 Å². The van der Waals surface area contributed by atoms with Crippen molar-refractivity contribution in [3.05, 3.63) is 57.6 Å². The molecule has 3 heterocycles. The van der Waals surface area contributed by atoms with Gasteiger partial charge in [0.2, 0.25) is 0 Å². The Morgan fingerprint density at radius 2 is 1.94 bits per heavy atom. The zero-order valence-electron chi connectivity index (χ0n) is 19.0. The molecule has 2 aromatic rings. The first kappa shape index (κ1) is 25.5. The fourth-order valence-electron chi connectivity index (χ4n) is 4.77. The SMILES string of the molecule is CC1(C)C(NC(=O)O)=N[C@](C)(c2cc(NC(=O)c3ncc(Cl)cc3Cl)ccc2F)[C@@H]2CCN[SH]21=O. The summed E-state index contributed by atoms with van der Waals surface area (Å²) >= 11 is 11.9. The molecule has 4 rings (SSSR count). The first-order valence-corrected chi connectivity index (χ1v) is 13.2. The quantitative estimate of drug-likeness (QED) is 0.376. The topological polar surface area (TPSA) is 133 Å². The van der Waals surface area contributed by atoms with Crippen LogP contribution >= 0.6 is 23.2 Å². The summed E-state index contributed by atoms with van der Waals surface area (Å²) in [6.07, 6.45) is 0.360. The van der Waals surface area contributed by atoms with Gasteiger partial charge < -0.3 is 10.4 Å². The van der Waals surface area contributed by atoms with Gasteiger partial charge in [0, 0.05) is 24.0 Å². The maximum absolute atomic E-state index is 15.3. The average molecular weight is 544 g/mol. The molecule has 0 radical (unpaired) electrons. The van der Waals surface area contributed by atoms with E-state index in [4.69, 9.17) is 23.2 Å². The van der Waals surface area contributed by atoms with Crippen molar-refractivity contribution >= 4 is 56.8 Å². The van der Waals surface area contributed by atoms with Crippen molar-refractivity contribution < 1.29 is 23.3 Å². The Bertz CT molecular complexity index is 1320. The molecule has 1 aromatic carbocycles. The minimum Gasteiger partial charge on any atom is -0.465 e. The molecule has 0 spiro atoms. The van der Waals surface area contributed by atoms with E-state index in [1.807, 2.05) is 0 Å². The third-order valence-electron chi connectivity index (χ3n) is 6.62. The van der Waals surface area contributed by atoms with Gasteiger partial charge in [-0.15, -0.1) is 0 Å². The lowest BCUT2D eigenvalue weighted by Crippen LogP contribution is -2.65. The number of carboxylic acid groups (broad SMARTS) is 1. The molecule has 2 aliphatic heterocycles. The zero-order valence-corrected chi connectivity index (χ0v) is 21.4. The van der Waals surface area contributed by atoms with Gasteiger partial charge in [-0.2, -0.15) is 0 Å². The Labute approximate surface area is 212 Å². The summed E-state index contributed by atoms with van der Waals surface area (Å²) in [5, 5.41) is 14.0. The molecule has 1 aromatic heterocycles. The monoisotopic (exact) mass is 543 g/mol. The first-order chi connectivity index (χ1) is 16.3. The Hall–Kier alpha value is -2.60. The minimum atomic E-state index is -3.30. The lowest BCUT2D eigenvalue weighted by molar-refractivity contribution is 0.102. The van der Waals surface area contributed by atoms with E-state index in [1.54, 1.807) is 20.8 Å². The van der Waals surface area contributed by atoms with Gasteiger partial charge in [-0.3, -0.25) is 24.0 Å². The normalized spacial score (nSPS) is 25.2. The van der Waals surface area contributed by atoms with E-state index in [1.165, 1.54) is 30.5 Å². The van der Waals surface area contributed by atoms with Crippen molar-refractivity contribution in [1.82, 2.24) is 15.0 Å². The van der Waals surface area contributed by atoms with Crippen LogP contribution in [0.25, 0.3) is 0 Å². The maximum Gasteiger partial charge on any atom is 0.410 e. The fraction of sp³-hybridized carbons (Fsp3) is 0.364. The standard InChI is InChI=1S/C22H24Cl2FN5O4S/c1-21(2)19(29-20(32)33)30-22(3,16-6-7-27-35(16,21)34)13-9-12(4-5-15(13)25)28-18(31)17-14(24)8-11(23)10-26-17/h4-5,8-10,16,35H,6-7H2,1-3H3,(H,27,34)(H,28,31)(H,29,30)(H,32,33)/t16-,22+/m0/s1. The van der Waals surface area contributed by atoms with E-state index in [9.17, 15) is 18.9 Å². The predicted octanol–water partition coefficient (Wildman–Crippen LogP) is 3.75. The van der Waals surface area contributed by atoms with Crippen LogP contribution in [-0.4, -0.2) is 48.7 Å². The van der Waals surface area contributed by atoms with Crippen molar-refractivity contribution in [2.75, 3.05) is 11.9 Å². The van der Waals surface area contributed by atoms with Crippen molar-refractivity contribution in [3.63, 3.8) is 0 Å². The molecule has 1 fully saturated rings. The summed E-state index contributed by atoms with van der Waals surface area (Å²) in [5.74, 6) is -1.29. The van der Waals surface area contributed by atoms with Gasteiger partial charge in [-0.25, -0.2) is 14.2 Å². The van der Waals surface area contributed by atoms with Gasteiger partial charge in [0.1, 0.15) is 22.9 Å². The number of pyridine rings is 1. The summed E-state index contributed by atoms with van der Waals surface area (Å²) in [6, 6.07) is 5.31. The molecule has 0 aliphatic carbocycles. The molecule has 1 saturated heterocycles. The summed E-state index contributed by atoms with van der Waals surface area (Å²) in [7, 11) is -3.30. The lowest BCUT2D eigenvalue weighted by atomic mass is 9.85. The molecule has 9 nitrogen and oxygen atoms in total. The highest BCUT2D eigenvalue weighted by Gasteiger charge is 2.59. The number of aromatic nitrogens is 1. The van der Waals surface area contributed by atoms with E-state index < -0.39 is 43.5 Å². The van der Waals surface area contributed by atoms with Gasteiger partial charge in [0.05, 0.1) is 20.0 Å². The zero-order chi connectivity index (χ0) is 25.8. The second-order valence-electron chi connectivity index (χ2n) is 9.10. The van der Waals surface area contributed by atoms with Gasteiger partial charge in [-0.05, 0) is 61.6 Å². The van der Waals surface area contributed by atoms with Crippen molar-refractivity contribution in [3.8, 4) is 0 Å². The van der Waals surface area contributed by atoms with Gasteiger partial charge in [-0.1, -0.05) is 23.2 Å². The van der Waals surface area contributed by atoms with Crippen molar-refractivity contribution in [1.29, 1.82) is 0 Å². The van der Waals surface area contributed by atoms with Crippen molar-refractivity contribution in [2.45, 2.75) is 42.7 Å². The molecular weight excluding hydrogens is 520 g/mol. The number of aliphatic imine (C=N–C) groups is 1. The maximum atomic E-state index is 15.3. The molecule has 2 amide bonds. The van der Waals surface area contributed by atoms with Crippen LogP contribution in [0.5, 0.6) is 0 Å². The number of benzene rings is 1. The fourth-order valence-corrected chi connectivity index (χ4v) is 8.91. The van der Waals surface area contributed by atoms with Crippen LogP contribution in [0.2, 0.25) is 10.0 Å². The van der Waals surface area contributed by atoms with Crippen LogP contribution in [0.4, 0.5) is 14.9 Å². The predicted molar refractivity (Wildman–Crippen MR) is 135 cm³/mol. The number of nitrogens with zero attached hydrogens (tertiary/aromatic N) is 2. The van der Waals surface area contributed by atoms with Crippen LogP contribution in [0.15, 0.2) is 35.5 Å². The molecule has 0 unspecified atom stereocenters. The third-order valence-corrected chi connectivity index (χ3v) is 11.3. The first-order valence-electron chi connectivity index (χ1n) is 10.7. The Balaban J connectivity index is 1.79. The summed E-state index contributed by atoms with van der Waals surface area (Å²) < 4.78 is 31.4. The second-order valence-corrected chi connectivity index (χ2v) is 13.3. The number of amidine groups is 1. The number of thiol groups is 1. The molecule has 4 N–H and O–H groups in total. The number of rotatable bonds is 3. The molecule has 188 valence electrons. The Kier molecular flexibility index (Phi) is 6.41. The van der Waals surface area contributed by atoms with Crippen LogP contribution in [-0.2, 0) is 15.7 Å². The number of hydrogen-bond acceptors (Lipinski definition) is 5. The molecule has 2 atom stereocenters. The molecule has 35 heavy (non-hydrogen) atoms. The van der Waals surface area contributed by atoms with E-state index >= 15 is 4.39 Å². The number of nitrogens with one attached hydrogen (secondary N) is 3. The number of hydrogen-bond donors (Lipinski definition) is 5. The van der Waals surface area contributed by atoms with Crippen LogP contribution < -0.4 is 15.4 Å². The van der Waals surface area contributed by atoms with Gasteiger partial charge in [0.15, 0.2) is 0 Å². The Morgan fingerprint density at radius 3 is 2.60 bits per heavy atom. The van der Waals surface area contributed by atoms with Crippen molar-refractivity contribution in [2.24, 2.45) is 4.99 Å². The van der Waals surface area contributed by atoms with E-state index in [0.29, 0.717) is 13.0 Å². The smallest absolute Gasteiger partial charge is 0.410 e. The van der Waals surface area contributed by atoms with Crippen LogP contribution in [0.1, 0.15) is 43.2 Å². The van der Waals surface area contributed by atoms with Crippen LogP contribution in [0.3, 0.4) is 0 Å². The van der Waals surface area contributed by atoms with E-state index in [-0.39, 0.29) is 32.8 Å². The number of carbonyl (C=O) groups is 2. The number of halogens is 3. The van der Waals surface area contributed by atoms with Gasteiger partial charge in [0.25, 0.3) is 5.91 Å². The molecular formula is C22H24Cl2FN5O4S. The largest absolute Gasteiger partial charge is 0.465 e. The number of amides is 2. The minimum absolute atomic E-state index is 0.0209. The summed E-state index contributed by atoms with van der Waals surface area (Å²) in [4.78, 5) is 32.8. The number of anilines is 1. The lowest BCUT2D eigenvalue weighted by Gasteiger charge is -2.51.